The van der Waals surface area contributed by atoms with Crippen LogP contribution in [0.1, 0.15) is 33.6 Å². The summed E-state index contributed by atoms with van der Waals surface area (Å²) < 4.78 is 13.3. The lowest BCUT2D eigenvalue weighted by molar-refractivity contribution is 0.482. The molecular weight excluding hydrogens is 615 g/mol. The number of hydrogen-bond acceptors (Lipinski definition) is 3. The minimum atomic E-state index is 0.757. The number of para-hydroxylation sites is 2. The molecule has 9 rings (SSSR count). The van der Waals surface area contributed by atoms with Gasteiger partial charge in [-0.15, -0.1) is 0 Å². The molecule has 0 amide bonds. The summed E-state index contributed by atoms with van der Waals surface area (Å²) in [6.45, 7) is 12.7. The monoisotopic (exact) mass is 651 g/mol. The van der Waals surface area contributed by atoms with Crippen LogP contribution in [-0.2, 0) is 0 Å². The van der Waals surface area contributed by atoms with Gasteiger partial charge in [0.25, 0.3) is 0 Å². The number of hydrogen-bond donors (Lipinski definition) is 0. The van der Waals surface area contributed by atoms with E-state index in [0.29, 0.717) is 0 Å². The van der Waals surface area contributed by atoms with Crippen LogP contribution in [0.15, 0.2) is 115 Å². The zero-order valence-corrected chi connectivity index (χ0v) is 29.1. The largest absolute Gasteiger partial charge is 0.457 e. The molecule has 0 aliphatic rings. The maximum absolute atomic E-state index is 6.61. The first-order chi connectivity index (χ1) is 24.2. The Hall–Kier alpha value is -6.14. The lowest BCUT2D eigenvalue weighted by Crippen LogP contribution is -2.02. The summed E-state index contributed by atoms with van der Waals surface area (Å²) >= 11 is 0. The van der Waals surface area contributed by atoms with E-state index in [-0.39, 0.29) is 0 Å². The first kappa shape index (κ1) is 30.0. The van der Waals surface area contributed by atoms with E-state index < -0.39 is 0 Å². The van der Waals surface area contributed by atoms with E-state index in [0.717, 1.165) is 62.1 Å². The Labute approximate surface area is 290 Å². The molecule has 0 saturated carbocycles. The molecule has 0 N–H and O–H groups in total. The molecule has 0 aliphatic heterocycles. The second-order valence-corrected chi connectivity index (χ2v) is 13.6. The second kappa shape index (κ2) is 11.2. The van der Waals surface area contributed by atoms with Crippen LogP contribution in [-0.4, -0.2) is 23.9 Å². The normalized spacial score (nSPS) is 11.8. The highest BCUT2D eigenvalue weighted by Gasteiger charge is 2.19. The maximum atomic E-state index is 6.61. The molecule has 6 nitrogen and oxygen atoms in total. The van der Waals surface area contributed by atoms with Crippen LogP contribution in [0.2, 0.25) is 0 Å². The molecular formula is C44H37N5O. The Balaban J connectivity index is 1.22. The Morgan fingerprint density at radius 3 is 2.00 bits per heavy atom. The number of benzene rings is 5. The van der Waals surface area contributed by atoms with Gasteiger partial charge in [-0.2, -0.15) is 5.10 Å². The van der Waals surface area contributed by atoms with E-state index in [9.17, 15) is 0 Å². The molecule has 0 radical (unpaired) electrons. The van der Waals surface area contributed by atoms with Crippen molar-refractivity contribution < 1.29 is 4.74 Å². The highest BCUT2D eigenvalue weighted by atomic mass is 16.5. The molecule has 0 saturated heterocycles. The van der Waals surface area contributed by atoms with Crippen molar-refractivity contribution in [3.05, 3.63) is 149 Å². The lowest BCUT2D eigenvalue weighted by Gasteiger charge is -2.14. The molecule has 0 aliphatic carbocycles. The Morgan fingerprint density at radius 2 is 1.28 bits per heavy atom. The van der Waals surface area contributed by atoms with Crippen LogP contribution < -0.4 is 4.74 Å². The summed E-state index contributed by atoms with van der Waals surface area (Å²) in [5.41, 5.74) is 13.5. The van der Waals surface area contributed by atoms with Gasteiger partial charge in [0.2, 0.25) is 0 Å². The number of nitrogens with zero attached hydrogens (tertiary/aromatic N) is 5. The van der Waals surface area contributed by atoms with Crippen molar-refractivity contribution in [3.8, 4) is 28.7 Å². The third kappa shape index (κ3) is 4.71. The summed E-state index contributed by atoms with van der Waals surface area (Å²) in [7, 11) is 0. The Bertz CT molecular complexity index is 2750. The molecule has 50 heavy (non-hydrogen) atoms. The van der Waals surface area contributed by atoms with E-state index in [1.807, 2.05) is 17.8 Å². The Kier molecular flexibility index (Phi) is 6.71. The van der Waals surface area contributed by atoms with E-state index in [1.54, 1.807) is 0 Å². The predicted octanol–water partition coefficient (Wildman–Crippen LogP) is 11.1. The molecule has 0 bridgehead atoms. The molecule has 6 heteroatoms. The molecule has 4 heterocycles. The summed E-state index contributed by atoms with van der Waals surface area (Å²) in [4.78, 5) is 5.00. The van der Waals surface area contributed by atoms with Crippen LogP contribution in [0.3, 0.4) is 0 Å². The van der Waals surface area contributed by atoms with Gasteiger partial charge in [-0.25, -0.2) is 9.67 Å². The quantitative estimate of drug-likeness (QED) is 0.186. The summed E-state index contributed by atoms with van der Waals surface area (Å²) in [6, 6.07) is 38.8. The average molecular weight is 652 g/mol. The minimum Gasteiger partial charge on any atom is -0.457 e. The van der Waals surface area contributed by atoms with Crippen LogP contribution in [0.4, 0.5) is 0 Å². The number of fused-ring (bicyclic) bond motifs is 6. The fraction of sp³-hybridized carbons (Fsp3) is 0.136. The van der Waals surface area contributed by atoms with Gasteiger partial charge in [-0.3, -0.25) is 4.57 Å². The van der Waals surface area contributed by atoms with Gasteiger partial charge in [-0.1, -0.05) is 48.0 Å². The van der Waals surface area contributed by atoms with Crippen molar-refractivity contribution in [2.75, 3.05) is 0 Å². The van der Waals surface area contributed by atoms with Gasteiger partial charge in [0.05, 0.1) is 39.1 Å². The number of pyridine rings is 1. The van der Waals surface area contributed by atoms with Gasteiger partial charge < -0.3 is 9.30 Å². The minimum absolute atomic E-state index is 0.757. The molecule has 4 aromatic heterocycles. The van der Waals surface area contributed by atoms with Crippen LogP contribution in [0.25, 0.3) is 60.8 Å². The summed E-state index contributed by atoms with van der Waals surface area (Å²) in [5.74, 6) is 2.37. The van der Waals surface area contributed by atoms with Crippen LogP contribution >= 0.6 is 0 Å². The molecule has 0 spiro atoms. The molecule has 0 atom stereocenters. The third-order valence-electron chi connectivity index (χ3n) is 9.85. The van der Waals surface area contributed by atoms with Gasteiger partial charge in [-0.05, 0) is 107 Å². The maximum Gasteiger partial charge on any atom is 0.139 e. The first-order valence-electron chi connectivity index (χ1n) is 17.1. The molecule has 244 valence electrons. The van der Waals surface area contributed by atoms with Gasteiger partial charge in [0, 0.05) is 51.6 Å². The summed E-state index contributed by atoms with van der Waals surface area (Å²) in [5, 5.41) is 9.56. The molecule has 9 aromatic rings. The van der Waals surface area contributed by atoms with E-state index >= 15 is 0 Å². The van der Waals surface area contributed by atoms with E-state index in [2.05, 4.69) is 153 Å². The van der Waals surface area contributed by atoms with Gasteiger partial charge in [0.15, 0.2) is 0 Å². The SMILES string of the molecule is Cc1cc(Oc2ccc3c4cc(C)ccc4n(-c4cc(-n5c6c(C)cccc6c6cccc(C)c65)ccn4)c3c2)cc(-n2nc(C)cc2C)c1. The smallest absolute Gasteiger partial charge is 0.139 e. The van der Waals surface area contributed by atoms with Crippen molar-refractivity contribution in [1.29, 1.82) is 0 Å². The fourth-order valence-corrected chi connectivity index (χ4v) is 7.75. The van der Waals surface area contributed by atoms with Gasteiger partial charge in [0.1, 0.15) is 17.3 Å². The van der Waals surface area contributed by atoms with E-state index in [4.69, 9.17) is 14.8 Å². The highest BCUT2D eigenvalue weighted by molar-refractivity contribution is 6.12. The van der Waals surface area contributed by atoms with E-state index in [1.165, 1.54) is 43.9 Å². The molecule has 0 fully saturated rings. The van der Waals surface area contributed by atoms with Crippen LogP contribution in [0.5, 0.6) is 11.5 Å². The third-order valence-corrected chi connectivity index (χ3v) is 9.85. The van der Waals surface area contributed by atoms with Crippen molar-refractivity contribution in [1.82, 2.24) is 23.9 Å². The average Bonchev–Trinajstić information content (AvgIpc) is 3.73. The summed E-state index contributed by atoms with van der Waals surface area (Å²) in [6.07, 6.45) is 1.93. The number of aryl methyl sites for hydroxylation is 6. The molecule has 0 unspecified atom stereocenters. The second-order valence-electron chi connectivity index (χ2n) is 13.6. The van der Waals surface area contributed by atoms with Crippen LogP contribution in [0, 0.1) is 41.5 Å². The predicted molar refractivity (Wildman–Crippen MR) is 205 cm³/mol. The number of ether oxygens (including phenoxy) is 1. The van der Waals surface area contributed by atoms with Crippen molar-refractivity contribution in [2.45, 2.75) is 41.5 Å². The number of rotatable bonds is 5. The topological polar surface area (TPSA) is 49.8 Å². The Morgan fingerprint density at radius 1 is 0.520 bits per heavy atom. The standard InChI is InChI=1S/C44H37N5O/c1-26-13-16-40-39(21-26)36-15-14-34(50-35-20-27(2)19-33(23-35)49-31(6)22-30(5)46-49)25-41(36)48(40)42-24-32(17-18-45-42)47-43-28(3)9-7-11-37(43)38-12-8-10-29(4)44(38)47/h7-25H,1-6H3. The van der Waals surface area contributed by atoms with Crippen molar-refractivity contribution in [2.24, 2.45) is 0 Å². The van der Waals surface area contributed by atoms with Crippen molar-refractivity contribution in [3.63, 3.8) is 0 Å². The fourth-order valence-electron chi connectivity index (χ4n) is 7.75. The number of aromatic nitrogens is 5. The van der Waals surface area contributed by atoms with Gasteiger partial charge >= 0.3 is 0 Å². The zero-order valence-electron chi connectivity index (χ0n) is 29.1. The lowest BCUT2D eigenvalue weighted by atomic mass is 10.1. The first-order valence-corrected chi connectivity index (χ1v) is 17.1. The molecule has 5 aromatic carbocycles. The zero-order chi connectivity index (χ0) is 34.3. The highest BCUT2D eigenvalue weighted by Crippen LogP contribution is 2.38. The van der Waals surface area contributed by atoms with Crippen molar-refractivity contribution >= 4 is 43.6 Å².